The van der Waals surface area contributed by atoms with Crippen LogP contribution in [-0.4, -0.2) is 46.1 Å². The van der Waals surface area contributed by atoms with Crippen molar-refractivity contribution in [2.45, 2.75) is 5.75 Å². The molecule has 0 amide bonds. The quantitative estimate of drug-likeness (QED) is 0.814. The molecule has 0 aliphatic carbocycles. The fourth-order valence-electron chi connectivity index (χ4n) is 2.05. The zero-order valence-corrected chi connectivity index (χ0v) is 11.0. The second-order valence-electron chi connectivity index (χ2n) is 4.20. The standard InChI is InChI=1S/C12H15NO5S/c14-12(15)10-2-1-9(8-19(16)17)7-11(10)13-3-5-18-6-4-13/h1-2,7H,3-6,8H2,(H,14,15)(H,16,17)/p-1. The molecule has 1 aliphatic rings. The molecule has 1 aromatic carbocycles. The third-order valence-corrected chi connectivity index (χ3v) is 3.50. The van der Waals surface area contributed by atoms with Gasteiger partial charge in [0.2, 0.25) is 0 Å². The number of carbonyl (C=O) groups is 1. The van der Waals surface area contributed by atoms with Crippen LogP contribution in [0.25, 0.3) is 0 Å². The van der Waals surface area contributed by atoms with Crippen molar-refractivity contribution in [1.29, 1.82) is 0 Å². The van der Waals surface area contributed by atoms with Crippen molar-refractivity contribution in [1.82, 2.24) is 0 Å². The van der Waals surface area contributed by atoms with Gasteiger partial charge in [0.25, 0.3) is 0 Å². The molecule has 2 rings (SSSR count). The molecule has 19 heavy (non-hydrogen) atoms. The zero-order valence-electron chi connectivity index (χ0n) is 10.2. The topological polar surface area (TPSA) is 89.9 Å². The van der Waals surface area contributed by atoms with Crippen molar-refractivity contribution in [3.05, 3.63) is 29.3 Å². The van der Waals surface area contributed by atoms with Crippen LogP contribution in [0.5, 0.6) is 0 Å². The van der Waals surface area contributed by atoms with Gasteiger partial charge in [-0.15, -0.1) is 0 Å². The van der Waals surface area contributed by atoms with Gasteiger partial charge in [-0.3, -0.25) is 4.21 Å². The van der Waals surface area contributed by atoms with Crippen LogP contribution in [-0.2, 0) is 21.6 Å². The molecule has 1 aliphatic heterocycles. The predicted molar refractivity (Wildman–Crippen MR) is 69.1 cm³/mol. The number of anilines is 1. The van der Waals surface area contributed by atoms with Gasteiger partial charge in [0.15, 0.2) is 0 Å². The van der Waals surface area contributed by atoms with Crippen LogP contribution in [0.15, 0.2) is 18.2 Å². The molecular weight excluding hydrogens is 270 g/mol. The Labute approximate surface area is 113 Å². The number of hydrogen-bond donors (Lipinski definition) is 1. The second-order valence-corrected chi connectivity index (χ2v) is 5.10. The van der Waals surface area contributed by atoms with E-state index in [0.717, 1.165) is 0 Å². The molecule has 1 heterocycles. The van der Waals surface area contributed by atoms with Crippen LogP contribution in [0, 0.1) is 0 Å². The van der Waals surface area contributed by atoms with E-state index in [4.69, 9.17) is 4.74 Å². The Hall–Kier alpha value is -1.44. The normalized spacial score (nSPS) is 17.2. The van der Waals surface area contributed by atoms with Gasteiger partial charge in [-0.1, -0.05) is 17.1 Å². The molecule has 1 N–H and O–H groups in total. The lowest BCUT2D eigenvalue weighted by Crippen LogP contribution is -2.37. The molecular formula is C12H14NO5S-. The number of rotatable bonds is 4. The third kappa shape index (κ3) is 3.52. The molecule has 6 nitrogen and oxygen atoms in total. The van der Waals surface area contributed by atoms with E-state index in [1.165, 1.54) is 12.1 Å². The zero-order chi connectivity index (χ0) is 13.8. The molecule has 0 spiro atoms. The molecule has 0 saturated carbocycles. The van der Waals surface area contributed by atoms with Gasteiger partial charge < -0.3 is 19.3 Å². The number of carboxylic acid groups (broad SMARTS) is 1. The first-order chi connectivity index (χ1) is 9.08. The van der Waals surface area contributed by atoms with Crippen LogP contribution in [0.3, 0.4) is 0 Å². The summed E-state index contributed by atoms with van der Waals surface area (Å²) in [5.41, 5.74) is 1.32. The lowest BCUT2D eigenvalue weighted by Gasteiger charge is -2.30. The summed E-state index contributed by atoms with van der Waals surface area (Å²) in [7, 11) is 0. The van der Waals surface area contributed by atoms with E-state index in [-0.39, 0.29) is 11.3 Å². The molecule has 104 valence electrons. The highest BCUT2D eigenvalue weighted by molar-refractivity contribution is 7.78. The van der Waals surface area contributed by atoms with Crippen molar-refractivity contribution in [3.8, 4) is 0 Å². The Morgan fingerprint density at radius 2 is 2.11 bits per heavy atom. The number of nitrogens with zero attached hydrogens (tertiary/aromatic N) is 1. The van der Waals surface area contributed by atoms with Crippen molar-refractivity contribution < 1.29 is 23.4 Å². The number of morpholine rings is 1. The Morgan fingerprint density at radius 1 is 1.42 bits per heavy atom. The van der Waals surface area contributed by atoms with E-state index in [1.807, 2.05) is 4.90 Å². The van der Waals surface area contributed by atoms with Crippen LogP contribution in [0.2, 0.25) is 0 Å². The second kappa shape index (κ2) is 6.14. The monoisotopic (exact) mass is 284 g/mol. The molecule has 0 aromatic heterocycles. The Bertz CT molecular complexity index is 499. The summed E-state index contributed by atoms with van der Waals surface area (Å²) in [6, 6.07) is 4.61. The molecule has 1 saturated heterocycles. The van der Waals surface area contributed by atoms with Gasteiger partial charge in [0.05, 0.1) is 24.5 Å². The van der Waals surface area contributed by atoms with E-state index in [2.05, 4.69) is 0 Å². The highest BCUT2D eigenvalue weighted by atomic mass is 32.2. The first kappa shape index (κ1) is 14.0. The molecule has 1 atom stereocenters. The van der Waals surface area contributed by atoms with E-state index < -0.39 is 17.0 Å². The van der Waals surface area contributed by atoms with Gasteiger partial charge in [0, 0.05) is 18.8 Å². The van der Waals surface area contributed by atoms with Crippen LogP contribution in [0.4, 0.5) is 5.69 Å². The number of ether oxygens (including phenoxy) is 1. The number of carboxylic acids is 1. The Morgan fingerprint density at radius 3 is 2.68 bits per heavy atom. The summed E-state index contributed by atoms with van der Waals surface area (Å²) in [6.45, 7) is 2.28. The minimum Gasteiger partial charge on any atom is -0.772 e. The van der Waals surface area contributed by atoms with E-state index in [9.17, 15) is 18.7 Å². The predicted octanol–water partition coefficient (Wildman–Crippen LogP) is 0.601. The minimum absolute atomic E-state index is 0.114. The summed E-state index contributed by atoms with van der Waals surface area (Å²) >= 11 is -2.19. The summed E-state index contributed by atoms with van der Waals surface area (Å²) in [5, 5.41) is 9.19. The Kier molecular flexibility index (Phi) is 4.52. The lowest BCUT2D eigenvalue weighted by atomic mass is 10.1. The van der Waals surface area contributed by atoms with Crippen molar-refractivity contribution in [2.24, 2.45) is 0 Å². The average Bonchev–Trinajstić information content (AvgIpc) is 2.38. The third-order valence-electron chi connectivity index (χ3n) is 2.93. The number of benzene rings is 1. The van der Waals surface area contributed by atoms with Crippen molar-refractivity contribution in [3.63, 3.8) is 0 Å². The summed E-state index contributed by atoms with van der Waals surface area (Å²) in [4.78, 5) is 13.1. The molecule has 1 unspecified atom stereocenters. The van der Waals surface area contributed by atoms with Gasteiger partial charge in [-0.05, 0) is 17.7 Å². The van der Waals surface area contributed by atoms with Gasteiger partial charge in [-0.2, -0.15) is 0 Å². The summed E-state index contributed by atoms with van der Waals surface area (Å²) in [5.74, 6) is -1.13. The van der Waals surface area contributed by atoms with Crippen LogP contribution >= 0.6 is 0 Å². The summed E-state index contributed by atoms with van der Waals surface area (Å²) in [6.07, 6.45) is 0. The minimum atomic E-state index is -2.19. The first-order valence-electron chi connectivity index (χ1n) is 5.82. The smallest absolute Gasteiger partial charge is 0.337 e. The summed E-state index contributed by atoms with van der Waals surface area (Å²) < 4.78 is 26.7. The molecule has 1 fully saturated rings. The number of aromatic carboxylic acids is 1. The maximum absolute atomic E-state index is 11.2. The van der Waals surface area contributed by atoms with E-state index in [0.29, 0.717) is 37.6 Å². The maximum atomic E-state index is 11.2. The molecule has 7 heteroatoms. The van der Waals surface area contributed by atoms with E-state index in [1.54, 1.807) is 6.07 Å². The fraction of sp³-hybridized carbons (Fsp3) is 0.417. The van der Waals surface area contributed by atoms with Gasteiger partial charge in [0.1, 0.15) is 0 Å². The SMILES string of the molecule is O=C(O)c1ccc(CS(=O)[O-])cc1N1CCOCC1. The van der Waals surface area contributed by atoms with Crippen molar-refractivity contribution in [2.75, 3.05) is 31.2 Å². The van der Waals surface area contributed by atoms with E-state index >= 15 is 0 Å². The Balaban J connectivity index is 2.34. The van der Waals surface area contributed by atoms with Crippen molar-refractivity contribution >= 4 is 22.7 Å². The average molecular weight is 284 g/mol. The molecule has 1 aromatic rings. The fourth-order valence-corrected chi connectivity index (χ4v) is 2.50. The molecule has 0 radical (unpaired) electrons. The van der Waals surface area contributed by atoms with Gasteiger partial charge >= 0.3 is 5.97 Å². The first-order valence-corrected chi connectivity index (χ1v) is 7.07. The largest absolute Gasteiger partial charge is 0.772 e. The molecule has 0 bridgehead atoms. The van der Waals surface area contributed by atoms with Crippen LogP contribution < -0.4 is 4.90 Å². The highest BCUT2D eigenvalue weighted by Gasteiger charge is 2.18. The highest BCUT2D eigenvalue weighted by Crippen LogP contribution is 2.24. The van der Waals surface area contributed by atoms with Gasteiger partial charge in [-0.25, -0.2) is 4.79 Å². The maximum Gasteiger partial charge on any atom is 0.337 e. The number of hydrogen-bond acceptors (Lipinski definition) is 5. The lowest BCUT2D eigenvalue weighted by molar-refractivity contribution is 0.0696. The van der Waals surface area contributed by atoms with Crippen LogP contribution in [0.1, 0.15) is 15.9 Å².